The molecule has 1 heterocycles. The minimum absolute atomic E-state index is 0.121. The normalized spacial score (nSPS) is 12.8. The van der Waals surface area contributed by atoms with Crippen LogP contribution in [0.4, 0.5) is 4.39 Å². The fourth-order valence-electron chi connectivity index (χ4n) is 3.68. The number of hydrogen-bond acceptors (Lipinski definition) is 4. The van der Waals surface area contributed by atoms with Crippen LogP contribution in [0.2, 0.25) is 0 Å². The number of methoxy groups -OCH3 is 1. The second-order valence-electron chi connectivity index (χ2n) is 7.64. The van der Waals surface area contributed by atoms with Crippen molar-refractivity contribution >= 4 is 5.97 Å². The lowest BCUT2D eigenvalue weighted by molar-refractivity contribution is -0.136. The molecule has 0 spiro atoms. The summed E-state index contributed by atoms with van der Waals surface area (Å²) in [5, 5.41) is 17.5. The number of rotatable bonds is 9. The van der Waals surface area contributed by atoms with E-state index in [9.17, 15) is 9.18 Å². The minimum atomic E-state index is -0.795. The van der Waals surface area contributed by atoms with Crippen LogP contribution in [0.5, 0.6) is 5.75 Å². The van der Waals surface area contributed by atoms with Gasteiger partial charge in [-0.25, -0.2) is 9.07 Å². The van der Waals surface area contributed by atoms with E-state index in [-0.39, 0.29) is 12.2 Å². The predicted octanol–water partition coefficient (Wildman–Crippen LogP) is 5.12. The molecule has 1 aliphatic carbocycles. The number of hydrogen-bond donors (Lipinski definition) is 1. The standard InChI is InChI=1S/C23H24FN3O3.C2H6/c1-30-18-9-10-19(24)21(14-18)27-23(17-7-8-17)20(25-26-27)11-5-15-3-2-4-16(13-15)6-12-22(28)29;1-2/h2-4,9-10,13-14,17H,5-8,11-12H2,1H3,(H,28,29);1-2H3. The van der Waals surface area contributed by atoms with E-state index in [1.807, 2.05) is 38.1 Å². The van der Waals surface area contributed by atoms with Gasteiger partial charge in [-0.2, -0.15) is 0 Å². The number of carboxylic acid groups (broad SMARTS) is 1. The van der Waals surface area contributed by atoms with E-state index in [1.165, 1.54) is 6.07 Å². The zero-order chi connectivity index (χ0) is 23.1. The molecule has 2 aromatic carbocycles. The van der Waals surface area contributed by atoms with Gasteiger partial charge in [0.1, 0.15) is 17.3 Å². The van der Waals surface area contributed by atoms with Gasteiger partial charge < -0.3 is 9.84 Å². The topological polar surface area (TPSA) is 77.2 Å². The van der Waals surface area contributed by atoms with E-state index in [1.54, 1.807) is 23.9 Å². The monoisotopic (exact) mass is 439 g/mol. The highest BCUT2D eigenvalue weighted by molar-refractivity contribution is 5.67. The Balaban J connectivity index is 0.00000141. The summed E-state index contributed by atoms with van der Waals surface area (Å²) in [7, 11) is 1.55. The van der Waals surface area contributed by atoms with Gasteiger partial charge in [-0.05, 0) is 55.4 Å². The van der Waals surface area contributed by atoms with Gasteiger partial charge in [-0.15, -0.1) is 5.10 Å². The molecule has 1 saturated carbocycles. The van der Waals surface area contributed by atoms with E-state index < -0.39 is 5.97 Å². The van der Waals surface area contributed by atoms with Gasteiger partial charge in [-0.1, -0.05) is 43.3 Å². The second kappa shape index (κ2) is 10.9. The lowest BCUT2D eigenvalue weighted by atomic mass is 10.0. The smallest absolute Gasteiger partial charge is 0.303 e. The summed E-state index contributed by atoms with van der Waals surface area (Å²) in [4.78, 5) is 10.8. The third-order valence-electron chi connectivity index (χ3n) is 5.39. The first-order valence-electron chi connectivity index (χ1n) is 11.1. The van der Waals surface area contributed by atoms with Gasteiger partial charge in [0, 0.05) is 18.4 Å². The molecule has 0 bridgehead atoms. The molecule has 1 fully saturated rings. The summed E-state index contributed by atoms with van der Waals surface area (Å²) in [5.74, 6) is -0.234. The molecule has 3 aromatic rings. The summed E-state index contributed by atoms with van der Waals surface area (Å²) < 4.78 is 21.4. The molecule has 1 aromatic heterocycles. The number of carboxylic acids is 1. The van der Waals surface area contributed by atoms with Crippen LogP contribution in [-0.2, 0) is 24.1 Å². The molecule has 1 aliphatic rings. The third-order valence-corrected chi connectivity index (χ3v) is 5.39. The predicted molar refractivity (Wildman–Crippen MR) is 121 cm³/mol. The molecule has 0 radical (unpaired) electrons. The van der Waals surface area contributed by atoms with Crippen molar-refractivity contribution in [3.8, 4) is 11.4 Å². The summed E-state index contributed by atoms with van der Waals surface area (Å²) >= 11 is 0. The van der Waals surface area contributed by atoms with Crippen LogP contribution < -0.4 is 4.74 Å². The number of benzene rings is 2. The molecule has 0 aliphatic heterocycles. The third kappa shape index (κ3) is 5.72. The van der Waals surface area contributed by atoms with Crippen molar-refractivity contribution in [2.75, 3.05) is 7.11 Å². The zero-order valence-corrected chi connectivity index (χ0v) is 18.8. The van der Waals surface area contributed by atoms with Crippen LogP contribution in [0.3, 0.4) is 0 Å². The van der Waals surface area contributed by atoms with Crippen molar-refractivity contribution in [3.63, 3.8) is 0 Å². The number of halogens is 1. The Kier molecular flexibility index (Phi) is 7.98. The van der Waals surface area contributed by atoms with Crippen molar-refractivity contribution in [1.82, 2.24) is 15.0 Å². The number of aryl methyl sites for hydroxylation is 3. The van der Waals surface area contributed by atoms with Crippen molar-refractivity contribution < 1.29 is 19.0 Å². The van der Waals surface area contributed by atoms with Crippen molar-refractivity contribution in [1.29, 1.82) is 0 Å². The average Bonchev–Trinajstić information content (AvgIpc) is 3.57. The van der Waals surface area contributed by atoms with E-state index in [0.29, 0.717) is 30.2 Å². The Bertz CT molecular complexity index is 1060. The minimum Gasteiger partial charge on any atom is -0.497 e. The SMILES string of the molecule is CC.COc1ccc(F)c(-n2nnc(CCc3cccc(CCC(=O)O)c3)c2C2CC2)c1. The molecule has 1 N–H and O–H groups in total. The van der Waals surface area contributed by atoms with Crippen LogP contribution in [-0.4, -0.2) is 33.2 Å². The van der Waals surface area contributed by atoms with Crippen molar-refractivity contribution in [2.24, 2.45) is 0 Å². The van der Waals surface area contributed by atoms with Gasteiger partial charge in [0.05, 0.1) is 18.5 Å². The average molecular weight is 440 g/mol. The maximum absolute atomic E-state index is 14.5. The van der Waals surface area contributed by atoms with Crippen LogP contribution in [0.1, 0.15) is 61.5 Å². The molecular formula is C25H30FN3O3. The van der Waals surface area contributed by atoms with Gasteiger partial charge in [-0.3, -0.25) is 4.79 Å². The maximum Gasteiger partial charge on any atom is 0.303 e. The first kappa shape index (κ1) is 23.4. The fourth-order valence-corrected chi connectivity index (χ4v) is 3.68. The highest BCUT2D eigenvalue weighted by atomic mass is 19.1. The lowest BCUT2D eigenvalue weighted by Gasteiger charge is -2.10. The molecular weight excluding hydrogens is 409 g/mol. The molecule has 170 valence electrons. The quantitative estimate of drug-likeness (QED) is 0.501. The summed E-state index contributed by atoms with van der Waals surface area (Å²) in [6.07, 6.45) is 4.20. The van der Waals surface area contributed by atoms with Crippen LogP contribution in [0.25, 0.3) is 5.69 Å². The molecule has 4 rings (SSSR count). The summed E-state index contributed by atoms with van der Waals surface area (Å²) in [6.45, 7) is 4.00. The number of aromatic nitrogens is 3. The molecule has 6 nitrogen and oxygen atoms in total. The second-order valence-corrected chi connectivity index (χ2v) is 7.64. The Morgan fingerprint density at radius 3 is 2.50 bits per heavy atom. The first-order chi connectivity index (χ1) is 15.5. The molecule has 32 heavy (non-hydrogen) atoms. The number of carbonyl (C=O) groups is 1. The molecule has 0 amide bonds. The fraction of sp³-hybridized carbons (Fsp3) is 0.400. The Morgan fingerprint density at radius 2 is 1.84 bits per heavy atom. The van der Waals surface area contributed by atoms with E-state index in [4.69, 9.17) is 9.84 Å². The Morgan fingerprint density at radius 1 is 1.12 bits per heavy atom. The Labute approximate surface area is 188 Å². The van der Waals surface area contributed by atoms with Gasteiger partial charge in [0.25, 0.3) is 0 Å². The van der Waals surface area contributed by atoms with Gasteiger partial charge in [0.2, 0.25) is 0 Å². The number of ether oxygens (including phenoxy) is 1. The van der Waals surface area contributed by atoms with Crippen molar-refractivity contribution in [2.45, 2.75) is 58.3 Å². The van der Waals surface area contributed by atoms with E-state index >= 15 is 0 Å². The largest absolute Gasteiger partial charge is 0.497 e. The molecule has 0 saturated heterocycles. The van der Waals surface area contributed by atoms with E-state index in [0.717, 1.165) is 41.8 Å². The molecule has 0 atom stereocenters. The van der Waals surface area contributed by atoms with Crippen LogP contribution in [0, 0.1) is 5.82 Å². The molecule has 0 unspecified atom stereocenters. The number of aliphatic carboxylic acids is 1. The van der Waals surface area contributed by atoms with Gasteiger partial charge >= 0.3 is 5.97 Å². The highest BCUT2D eigenvalue weighted by Crippen LogP contribution is 2.42. The van der Waals surface area contributed by atoms with Crippen LogP contribution >= 0.6 is 0 Å². The zero-order valence-electron chi connectivity index (χ0n) is 18.8. The number of nitrogens with zero attached hydrogens (tertiary/aromatic N) is 3. The van der Waals surface area contributed by atoms with Crippen molar-refractivity contribution in [3.05, 3.63) is 70.8 Å². The lowest BCUT2D eigenvalue weighted by Crippen LogP contribution is -2.06. The summed E-state index contributed by atoms with van der Waals surface area (Å²) in [6, 6.07) is 12.6. The highest BCUT2D eigenvalue weighted by Gasteiger charge is 2.32. The first-order valence-corrected chi connectivity index (χ1v) is 11.1. The molecule has 7 heteroatoms. The van der Waals surface area contributed by atoms with Gasteiger partial charge in [0.15, 0.2) is 0 Å². The van der Waals surface area contributed by atoms with E-state index in [2.05, 4.69) is 10.3 Å². The Hall–Kier alpha value is -3.22. The van der Waals surface area contributed by atoms with Crippen LogP contribution in [0.15, 0.2) is 42.5 Å². The summed E-state index contributed by atoms with van der Waals surface area (Å²) in [5.41, 5.74) is 4.35. The maximum atomic E-state index is 14.5.